The third-order valence-electron chi connectivity index (χ3n) is 6.49. The number of benzene rings is 1. The fourth-order valence-electron chi connectivity index (χ4n) is 4.87. The first kappa shape index (κ1) is 15.9. The van der Waals surface area contributed by atoms with Crippen LogP contribution in [0.4, 0.5) is 0 Å². The summed E-state index contributed by atoms with van der Waals surface area (Å²) in [5.74, 6) is 4.86. The van der Waals surface area contributed by atoms with E-state index in [9.17, 15) is 0 Å². The van der Waals surface area contributed by atoms with Crippen LogP contribution in [0.5, 0.6) is 5.75 Å². The SMILES string of the molecule is CC[C@H]1CC[C@H](C2CCC(c3ccc(OC)cc3)CC2)CC1. The second-order valence-corrected chi connectivity index (χ2v) is 7.57. The molecule has 0 aromatic heterocycles. The van der Waals surface area contributed by atoms with Crippen molar-refractivity contribution in [2.75, 3.05) is 7.11 Å². The molecule has 0 N–H and O–H groups in total. The van der Waals surface area contributed by atoms with E-state index >= 15 is 0 Å². The Morgan fingerprint density at radius 3 is 1.86 bits per heavy atom. The van der Waals surface area contributed by atoms with Crippen molar-refractivity contribution in [1.82, 2.24) is 0 Å². The molecular formula is C21H32O. The van der Waals surface area contributed by atoms with Crippen molar-refractivity contribution in [1.29, 1.82) is 0 Å². The molecule has 0 aliphatic heterocycles. The second kappa shape index (κ2) is 7.53. The standard InChI is InChI=1S/C21H32O/c1-3-16-4-6-17(7-5-16)18-8-10-19(11-9-18)20-12-14-21(22-2)15-13-20/h12-19H,3-11H2,1-2H3/t16-,17-,18?,19?. The minimum absolute atomic E-state index is 0.786. The predicted molar refractivity (Wildman–Crippen MR) is 93.4 cm³/mol. The van der Waals surface area contributed by atoms with Gasteiger partial charge in [0.1, 0.15) is 5.75 Å². The molecule has 0 radical (unpaired) electrons. The lowest BCUT2D eigenvalue weighted by Gasteiger charge is -2.38. The van der Waals surface area contributed by atoms with Crippen molar-refractivity contribution in [3.8, 4) is 5.75 Å². The van der Waals surface area contributed by atoms with Crippen molar-refractivity contribution < 1.29 is 4.74 Å². The van der Waals surface area contributed by atoms with Crippen LogP contribution in [0.15, 0.2) is 24.3 Å². The molecule has 0 amide bonds. The minimum atomic E-state index is 0.786. The van der Waals surface area contributed by atoms with E-state index in [2.05, 4.69) is 31.2 Å². The maximum Gasteiger partial charge on any atom is 0.118 e. The van der Waals surface area contributed by atoms with Gasteiger partial charge in [-0.2, -0.15) is 0 Å². The quantitative estimate of drug-likeness (QED) is 0.644. The van der Waals surface area contributed by atoms with Gasteiger partial charge in [-0.3, -0.25) is 0 Å². The van der Waals surface area contributed by atoms with E-state index in [1.807, 2.05) is 0 Å². The first-order valence-corrected chi connectivity index (χ1v) is 9.44. The number of rotatable bonds is 4. The molecule has 2 aliphatic carbocycles. The van der Waals surface area contributed by atoms with E-state index in [0.29, 0.717) is 0 Å². The van der Waals surface area contributed by atoms with Crippen LogP contribution in [0.2, 0.25) is 0 Å². The second-order valence-electron chi connectivity index (χ2n) is 7.57. The van der Waals surface area contributed by atoms with E-state index in [1.54, 1.807) is 7.11 Å². The lowest BCUT2D eigenvalue weighted by molar-refractivity contribution is 0.158. The van der Waals surface area contributed by atoms with Gasteiger partial charge in [0.05, 0.1) is 7.11 Å². The van der Waals surface area contributed by atoms with Crippen LogP contribution in [0.25, 0.3) is 0 Å². The van der Waals surface area contributed by atoms with Crippen LogP contribution in [-0.4, -0.2) is 7.11 Å². The molecule has 122 valence electrons. The highest BCUT2D eigenvalue weighted by Gasteiger charge is 2.30. The molecule has 2 fully saturated rings. The van der Waals surface area contributed by atoms with Crippen molar-refractivity contribution in [2.24, 2.45) is 17.8 Å². The zero-order valence-corrected chi connectivity index (χ0v) is 14.4. The predicted octanol–water partition coefficient (Wildman–Crippen LogP) is 6.19. The fourth-order valence-corrected chi connectivity index (χ4v) is 4.87. The first-order valence-electron chi connectivity index (χ1n) is 9.44. The third kappa shape index (κ3) is 3.67. The Morgan fingerprint density at radius 2 is 1.36 bits per heavy atom. The molecule has 0 heterocycles. The molecular weight excluding hydrogens is 268 g/mol. The molecule has 1 heteroatoms. The molecule has 1 aromatic carbocycles. The van der Waals surface area contributed by atoms with Crippen molar-refractivity contribution >= 4 is 0 Å². The Kier molecular flexibility index (Phi) is 5.44. The Hall–Kier alpha value is -0.980. The topological polar surface area (TPSA) is 9.23 Å². The summed E-state index contributed by atoms with van der Waals surface area (Å²) < 4.78 is 5.27. The maximum absolute atomic E-state index is 5.27. The number of hydrogen-bond acceptors (Lipinski definition) is 1. The summed E-state index contributed by atoms with van der Waals surface area (Å²) in [5, 5.41) is 0. The largest absolute Gasteiger partial charge is 0.497 e. The summed E-state index contributed by atoms with van der Waals surface area (Å²) in [4.78, 5) is 0. The summed E-state index contributed by atoms with van der Waals surface area (Å²) in [6.07, 6.45) is 13.1. The number of hydrogen-bond donors (Lipinski definition) is 0. The monoisotopic (exact) mass is 300 g/mol. The van der Waals surface area contributed by atoms with Gasteiger partial charge in [0.15, 0.2) is 0 Å². The van der Waals surface area contributed by atoms with Gasteiger partial charge in [0.2, 0.25) is 0 Å². The Labute approximate surface area is 136 Å². The molecule has 2 saturated carbocycles. The average molecular weight is 300 g/mol. The van der Waals surface area contributed by atoms with E-state index in [-0.39, 0.29) is 0 Å². The molecule has 1 aromatic rings. The van der Waals surface area contributed by atoms with Gasteiger partial charge in [-0.05, 0) is 79.9 Å². The van der Waals surface area contributed by atoms with Crippen LogP contribution in [0, 0.1) is 17.8 Å². The molecule has 22 heavy (non-hydrogen) atoms. The van der Waals surface area contributed by atoms with Crippen molar-refractivity contribution in [3.63, 3.8) is 0 Å². The van der Waals surface area contributed by atoms with E-state index in [1.165, 1.54) is 63.4 Å². The van der Waals surface area contributed by atoms with Crippen LogP contribution < -0.4 is 4.74 Å². The molecule has 1 nitrogen and oxygen atoms in total. The third-order valence-corrected chi connectivity index (χ3v) is 6.49. The van der Waals surface area contributed by atoms with Gasteiger partial charge in [-0.25, -0.2) is 0 Å². The molecule has 3 rings (SSSR count). The van der Waals surface area contributed by atoms with Gasteiger partial charge < -0.3 is 4.74 Å². The van der Waals surface area contributed by atoms with Gasteiger partial charge in [0, 0.05) is 0 Å². The van der Waals surface area contributed by atoms with Gasteiger partial charge in [0.25, 0.3) is 0 Å². The van der Waals surface area contributed by atoms with Gasteiger partial charge in [-0.15, -0.1) is 0 Å². The van der Waals surface area contributed by atoms with Gasteiger partial charge >= 0.3 is 0 Å². The summed E-state index contributed by atoms with van der Waals surface area (Å²) in [6, 6.07) is 8.79. The van der Waals surface area contributed by atoms with Crippen molar-refractivity contribution in [3.05, 3.63) is 29.8 Å². The first-order chi connectivity index (χ1) is 10.8. The smallest absolute Gasteiger partial charge is 0.118 e. The molecule has 2 aliphatic rings. The van der Waals surface area contributed by atoms with Crippen LogP contribution in [-0.2, 0) is 0 Å². The molecule has 0 spiro atoms. The molecule has 0 atom stereocenters. The Balaban J connectivity index is 1.49. The van der Waals surface area contributed by atoms with Crippen molar-refractivity contribution in [2.45, 2.75) is 70.6 Å². The van der Waals surface area contributed by atoms with E-state index in [4.69, 9.17) is 4.74 Å². The summed E-state index contributed by atoms with van der Waals surface area (Å²) >= 11 is 0. The highest BCUT2D eigenvalue weighted by Crippen LogP contribution is 2.44. The maximum atomic E-state index is 5.27. The summed E-state index contributed by atoms with van der Waals surface area (Å²) in [7, 11) is 1.74. The minimum Gasteiger partial charge on any atom is -0.497 e. The van der Waals surface area contributed by atoms with Gasteiger partial charge in [-0.1, -0.05) is 38.3 Å². The van der Waals surface area contributed by atoms with Crippen LogP contribution in [0.3, 0.4) is 0 Å². The van der Waals surface area contributed by atoms with E-state index in [0.717, 1.165) is 29.4 Å². The normalized spacial score (nSPS) is 32.6. The lowest BCUT2D eigenvalue weighted by Crippen LogP contribution is -2.25. The molecule has 0 bridgehead atoms. The highest BCUT2D eigenvalue weighted by atomic mass is 16.5. The van der Waals surface area contributed by atoms with E-state index < -0.39 is 0 Å². The zero-order valence-electron chi connectivity index (χ0n) is 14.4. The van der Waals surface area contributed by atoms with Crippen LogP contribution in [0.1, 0.15) is 76.2 Å². The Morgan fingerprint density at radius 1 is 0.818 bits per heavy atom. The fraction of sp³-hybridized carbons (Fsp3) is 0.714. The number of ether oxygens (including phenoxy) is 1. The lowest BCUT2D eigenvalue weighted by atomic mass is 9.68. The molecule has 0 unspecified atom stereocenters. The number of methoxy groups -OCH3 is 1. The molecule has 0 saturated heterocycles. The zero-order chi connectivity index (χ0) is 15.4. The summed E-state index contributed by atoms with van der Waals surface area (Å²) in [5.41, 5.74) is 1.52. The van der Waals surface area contributed by atoms with Crippen LogP contribution >= 0.6 is 0 Å². The highest BCUT2D eigenvalue weighted by molar-refractivity contribution is 5.29. The average Bonchev–Trinajstić information content (AvgIpc) is 2.62. The Bertz CT molecular complexity index is 433. The summed E-state index contributed by atoms with van der Waals surface area (Å²) in [6.45, 7) is 2.37.